The topological polar surface area (TPSA) is 145 Å². The number of barbiturate groups is 1. The first-order valence-electron chi connectivity index (χ1n) is 11.1. The van der Waals surface area contributed by atoms with Gasteiger partial charge in [-0.3, -0.25) is 25.0 Å². The van der Waals surface area contributed by atoms with Crippen molar-refractivity contribution in [2.24, 2.45) is 0 Å². The number of nitro groups is 1. The minimum Gasteiger partial charge on any atom is -0.497 e. The Morgan fingerprint density at radius 2 is 1.74 bits per heavy atom. The average molecular weight is 513 g/mol. The number of methoxy groups -OCH3 is 1. The van der Waals surface area contributed by atoms with Crippen molar-refractivity contribution in [1.82, 2.24) is 5.32 Å². The van der Waals surface area contributed by atoms with Crippen LogP contribution in [0.4, 0.5) is 16.2 Å². The minimum atomic E-state index is -0.915. The average Bonchev–Trinajstić information content (AvgIpc) is 2.91. The number of amides is 4. The molecule has 190 valence electrons. The van der Waals surface area contributed by atoms with Gasteiger partial charge in [0, 0.05) is 29.8 Å². The molecule has 0 aromatic heterocycles. The zero-order chi connectivity index (χ0) is 27.2. The molecule has 1 N–H and O–H groups in total. The molecule has 4 amide bonds. The molecule has 3 aromatic rings. The van der Waals surface area contributed by atoms with Crippen LogP contribution >= 0.6 is 0 Å². The Morgan fingerprint density at radius 3 is 2.45 bits per heavy atom. The normalized spacial score (nSPS) is 14.5. The number of nitrogens with zero attached hydrogens (tertiary/aromatic N) is 2. The van der Waals surface area contributed by atoms with Crippen LogP contribution in [0.2, 0.25) is 0 Å². The number of nitrogens with one attached hydrogen (secondary N) is 1. The fraction of sp³-hybridized carbons (Fsp3) is 0.0370. The summed E-state index contributed by atoms with van der Waals surface area (Å²) in [6.07, 6.45) is 3.77. The molecule has 0 radical (unpaired) electrons. The highest BCUT2D eigenvalue weighted by molar-refractivity contribution is 6.39. The molecule has 1 heterocycles. The molecule has 0 unspecified atom stereocenters. The fourth-order valence-electron chi connectivity index (χ4n) is 3.50. The predicted octanol–water partition coefficient (Wildman–Crippen LogP) is 3.89. The molecule has 1 aliphatic rings. The number of urea groups is 1. The largest absolute Gasteiger partial charge is 0.497 e. The molecule has 1 saturated heterocycles. The second-order valence-electron chi connectivity index (χ2n) is 7.80. The summed E-state index contributed by atoms with van der Waals surface area (Å²) in [6, 6.07) is 17.1. The summed E-state index contributed by atoms with van der Waals surface area (Å²) in [5, 5.41) is 12.9. The van der Waals surface area contributed by atoms with Crippen LogP contribution in [-0.2, 0) is 14.4 Å². The van der Waals surface area contributed by atoms with E-state index in [1.165, 1.54) is 67.8 Å². The van der Waals surface area contributed by atoms with Crippen LogP contribution in [0.15, 0.2) is 84.4 Å². The van der Waals surface area contributed by atoms with Gasteiger partial charge in [-0.15, -0.1) is 0 Å². The van der Waals surface area contributed by atoms with Crippen LogP contribution in [-0.4, -0.2) is 35.8 Å². The monoisotopic (exact) mass is 513 g/mol. The molecule has 0 saturated carbocycles. The number of imide groups is 2. The van der Waals surface area contributed by atoms with Gasteiger partial charge < -0.3 is 9.47 Å². The number of ether oxygens (including phenoxy) is 2. The molecule has 11 heteroatoms. The molecule has 0 atom stereocenters. The van der Waals surface area contributed by atoms with Crippen molar-refractivity contribution in [3.8, 4) is 11.5 Å². The van der Waals surface area contributed by atoms with E-state index in [1.54, 1.807) is 24.3 Å². The molecular weight excluding hydrogens is 494 g/mol. The second-order valence-corrected chi connectivity index (χ2v) is 7.80. The number of hydrogen-bond donors (Lipinski definition) is 1. The molecule has 38 heavy (non-hydrogen) atoms. The first-order valence-corrected chi connectivity index (χ1v) is 11.1. The standard InChI is InChI=1S/C27H19N3O8/c1-37-21-7-4-6-20(16-21)29-26(33)22(25(32)28-27(29)34)15-18-5-2-3-8-23(18)38-24(31)14-11-17-9-12-19(13-10-17)30(35)36/h2-16H,1H3,(H,28,32,34)/b14-11+,22-15-. The van der Waals surface area contributed by atoms with Crippen LogP contribution in [0.25, 0.3) is 12.2 Å². The molecule has 4 rings (SSSR count). The third-order valence-corrected chi connectivity index (χ3v) is 5.36. The molecular formula is C27H19N3O8. The number of esters is 1. The third-order valence-electron chi connectivity index (χ3n) is 5.36. The number of non-ortho nitro benzene ring substituents is 1. The van der Waals surface area contributed by atoms with Crippen LogP contribution in [0, 0.1) is 10.1 Å². The van der Waals surface area contributed by atoms with E-state index >= 15 is 0 Å². The van der Waals surface area contributed by atoms with Crippen molar-refractivity contribution in [3.05, 3.63) is 106 Å². The smallest absolute Gasteiger partial charge is 0.336 e. The van der Waals surface area contributed by atoms with Gasteiger partial charge >= 0.3 is 12.0 Å². The Labute approximate surface area is 215 Å². The number of para-hydroxylation sites is 1. The van der Waals surface area contributed by atoms with E-state index in [4.69, 9.17) is 9.47 Å². The van der Waals surface area contributed by atoms with Crippen molar-refractivity contribution < 1.29 is 33.6 Å². The van der Waals surface area contributed by atoms with Crippen molar-refractivity contribution in [2.45, 2.75) is 0 Å². The van der Waals surface area contributed by atoms with Gasteiger partial charge in [0.2, 0.25) is 0 Å². The third kappa shape index (κ3) is 5.62. The number of nitro benzene ring substituents is 1. The first kappa shape index (κ1) is 25.5. The second kappa shape index (κ2) is 11.0. The van der Waals surface area contributed by atoms with Gasteiger partial charge in [-0.2, -0.15) is 0 Å². The van der Waals surface area contributed by atoms with E-state index in [-0.39, 0.29) is 28.3 Å². The highest BCUT2D eigenvalue weighted by atomic mass is 16.6. The summed E-state index contributed by atoms with van der Waals surface area (Å²) in [5.74, 6) is -2.07. The van der Waals surface area contributed by atoms with Crippen molar-refractivity contribution in [2.75, 3.05) is 12.0 Å². The molecule has 0 bridgehead atoms. The van der Waals surface area contributed by atoms with E-state index in [2.05, 4.69) is 5.32 Å². The number of carbonyl (C=O) groups excluding carboxylic acids is 4. The molecule has 0 aliphatic carbocycles. The van der Waals surface area contributed by atoms with Crippen molar-refractivity contribution in [3.63, 3.8) is 0 Å². The van der Waals surface area contributed by atoms with E-state index in [0.29, 0.717) is 11.3 Å². The Morgan fingerprint density at radius 1 is 1.00 bits per heavy atom. The van der Waals surface area contributed by atoms with Crippen LogP contribution < -0.4 is 19.7 Å². The van der Waals surface area contributed by atoms with Crippen molar-refractivity contribution >= 4 is 47.3 Å². The molecule has 1 aliphatic heterocycles. The number of benzene rings is 3. The molecule has 3 aromatic carbocycles. The van der Waals surface area contributed by atoms with E-state index in [0.717, 1.165) is 11.0 Å². The lowest BCUT2D eigenvalue weighted by atomic mass is 10.1. The summed E-state index contributed by atoms with van der Waals surface area (Å²) in [5.41, 5.74) is 0.538. The number of anilines is 1. The summed E-state index contributed by atoms with van der Waals surface area (Å²) in [6.45, 7) is 0. The Balaban J connectivity index is 1.57. The predicted molar refractivity (Wildman–Crippen MR) is 136 cm³/mol. The van der Waals surface area contributed by atoms with Gasteiger partial charge in [-0.05, 0) is 48.0 Å². The van der Waals surface area contributed by atoms with Crippen LogP contribution in [0.3, 0.4) is 0 Å². The molecule has 0 spiro atoms. The Bertz CT molecular complexity index is 1510. The molecule has 11 nitrogen and oxygen atoms in total. The maximum Gasteiger partial charge on any atom is 0.336 e. The van der Waals surface area contributed by atoms with Crippen LogP contribution in [0.1, 0.15) is 11.1 Å². The lowest BCUT2D eigenvalue weighted by Crippen LogP contribution is -2.54. The zero-order valence-electron chi connectivity index (χ0n) is 19.8. The lowest BCUT2D eigenvalue weighted by molar-refractivity contribution is -0.384. The van der Waals surface area contributed by atoms with Crippen LogP contribution in [0.5, 0.6) is 11.5 Å². The highest BCUT2D eigenvalue weighted by Gasteiger charge is 2.37. The summed E-state index contributed by atoms with van der Waals surface area (Å²) in [4.78, 5) is 61.7. The quantitative estimate of drug-likeness (QED) is 0.125. The summed E-state index contributed by atoms with van der Waals surface area (Å²) >= 11 is 0. The lowest BCUT2D eigenvalue weighted by Gasteiger charge is -2.26. The van der Waals surface area contributed by atoms with Gasteiger partial charge in [-0.1, -0.05) is 24.3 Å². The van der Waals surface area contributed by atoms with E-state index < -0.39 is 28.7 Å². The van der Waals surface area contributed by atoms with Gasteiger partial charge in [0.25, 0.3) is 17.5 Å². The van der Waals surface area contributed by atoms with Gasteiger partial charge in [0.1, 0.15) is 17.1 Å². The van der Waals surface area contributed by atoms with Gasteiger partial charge in [0.05, 0.1) is 17.7 Å². The maximum atomic E-state index is 13.2. The SMILES string of the molecule is COc1cccc(N2C(=O)NC(=O)/C(=C/c3ccccc3OC(=O)/C=C/c3ccc([N+](=O)[O-])cc3)C2=O)c1. The Kier molecular flexibility index (Phi) is 7.38. The number of hydrogen-bond acceptors (Lipinski definition) is 8. The zero-order valence-corrected chi connectivity index (χ0v) is 19.8. The van der Waals surface area contributed by atoms with Gasteiger partial charge in [0.15, 0.2) is 0 Å². The fourth-order valence-corrected chi connectivity index (χ4v) is 3.50. The Hall–Kier alpha value is -5.58. The van der Waals surface area contributed by atoms with Crippen molar-refractivity contribution in [1.29, 1.82) is 0 Å². The minimum absolute atomic E-state index is 0.0591. The first-order chi connectivity index (χ1) is 18.3. The molecule has 1 fully saturated rings. The number of rotatable bonds is 7. The maximum absolute atomic E-state index is 13.2. The summed E-state index contributed by atoms with van der Waals surface area (Å²) in [7, 11) is 1.44. The van der Waals surface area contributed by atoms with E-state index in [1.807, 2.05) is 0 Å². The summed E-state index contributed by atoms with van der Waals surface area (Å²) < 4.78 is 10.5. The van der Waals surface area contributed by atoms with E-state index in [9.17, 15) is 29.3 Å². The highest BCUT2D eigenvalue weighted by Crippen LogP contribution is 2.27. The number of carbonyl (C=O) groups is 4. The van der Waals surface area contributed by atoms with Gasteiger partial charge in [-0.25, -0.2) is 14.5 Å².